The second kappa shape index (κ2) is 6.43. The Morgan fingerprint density at radius 1 is 1.38 bits per heavy atom. The van der Waals surface area contributed by atoms with Crippen molar-refractivity contribution in [1.29, 1.82) is 0 Å². The zero-order valence-corrected chi connectivity index (χ0v) is 13.2. The lowest BCUT2D eigenvalue weighted by Gasteiger charge is -2.47. The molecule has 1 aromatic heterocycles. The van der Waals surface area contributed by atoms with Crippen LogP contribution in [0, 0.1) is 18.8 Å². The van der Waals surface area contributed by atoms with E-state index in [1.165, 1.54) is 0 Å². The molecule has 2 atom stereocenters. The lowest BCUT2D eigenvalue weighted by molar-refractivity contribution is -0.166. The number of β-lactam (4-membered cyclic amide) rings is 1. The number of likely N-dealkylation sites (tertiary alicyclic amines) is 1. The molecule has 0 aromatic carbocycles. The third-order valence-corrected chi connectivity index (χ3v) is 4.05. The molecular weight excluding hydrogens is 268 g/mol. The normalized spacial score (nSPS) is 21.8. The van der Waals surface area contributed by atoms with Gasteiger partial charge in [0.15, 0.2) is 5.43 Å². The van der Waals surface area contributed by atoms with Crippen LogP contribution in [0.4, 0.5) is 0 Å². The van der Waals surface area contributed by atoms with Gasteiger partial charge in [-0.1, -0.05) is 13.8 Å². The van der Waals surface area contributed by atoms with Crippen LogP contribution in [-0.2, 0) is 16.0 Å². The van der Waals surface area contributed by atoms with Crippen LogP contribution in [0.2, 0.25) is 0 Å². The number of carbonyl (C=O) groups is 1. The number of rotatable bonds is 6. The number of pyridine rings is 1. The van der Waals surface area contributed by atoms with Crippen LogP contribution in [-0.4, -0.2) is 35.7 Å². The van der Waals surface area contributed by atoms with Gasteiger partial charge in [0.05, 0.1) is 5.92 Å². The van der Waals surface area contributed by atoms with Gasteiger partial charge in [-0.05, 0) is 19.3 Å². The number of carbonyl (C=O) groups excluding carboxylic acids is 1. The fourth-order valence-electron chi connectivity index (χ4n) is 2.91. The van der Waals surface area contributed by atoms with Gasteiger partial charge in [-0.15, -0.1) is 0 Å². The molecule has 0 saturated carbocycles. The summed E-state index contributed by atoms with van der Waals surface area (Å²) in [6.45, 7) is 6.42. The molecular formula is C16H24N2O3. The van der Waals surface area contributed by atoms with Gasteiger partial charge in [0.25, 0.3) is 0 Å². The van der Waals surface area contributed by atoms with Crippen LogP contribution in [0.25, 0.3) is 0 Å². The Labute approximate surface area is 125 Å². The number of nitrogens with one attached hydrogen (secondary N) is 1. The molecule has 21 heavy (non-hydrogen) atoms. The number of hydrogen-bond donors (Lipinski definition) is 1. The molecule has 0 aliphatic carbocycles. The van der Waals surface area contributed by atoms with Gasteiger partial charge in [-0.3, -0.25) is 9.59 Å². The number of aromatic nitrogens is 1. The van der Waals surface area contributed by atoms with Gasteiger partial charge in [0.2, 0.25) is 5.91 Å². The van der Waals surface area contributed by atoms with E-state index in [2.05, 4.69) is 18.8 Å². The average Bonchev–Trinajstić information content (AvgIpc) is 2.44. The molecule has 5 heteroatoms. The van der Waals surface area contributed by atoms with Crippen molar-refractivity contribution >= 4 is 5.91 Å². The Kier molecular flexibility index (Phi) is 4.83. The number of methoxy groups -OCH3 is 1. The highest BCUT2D eigenvalue weighted by atomic mass is 16.5. The molecule has 1 N–H and O–H groups in total. The van der Waals surface area contributed by atoms with Crippen LogP contribution in [0.15, 0.2) is 17.1 Å². The smallest absolute Gasteiger partial charge is 0.230 e. The van der Waals surface area contributed by atoms with Crippen molar-refractivity contribution in [3.05, 3.63) is 33.7 Å². The number of amides is 1. The summed E-state index contributed by atoms with van der Waals surface area (Å²) in [6, 6.07) is 1.80. The van der Waals surface area contributed by atoms with Crippen LogP contribution < -0.4 is 5.43 Å². The van der Waals surface area contributed by atoms with Crippen molar-refractivity contribution in [1.82, 2.24) is 9.88 Å². The molecule has 116 valence electrons. The molecule has 1 saturated heterocycles. The molecule has 2 heterocycles. The molecule has 1 aromatic rings. The number of hydrogen-bond acceptors (Lipinski definition) is 3. The van der Waals surface area contributed by atoms with Crippen molar-refractivity contribution in [2.45, 2.75) is 39.7 Å². The lowest BCUT2D eigenvalue weighted by Crippen LogP contribution is -2.62. The maximum absolute atomic E-state index is 12.3. The number of aromatic amines is 1. The van der Waals surface area contributed by atoms with E-state index < -0.39 is 0 Å². The van der Waals surface area contributed by atoms with Crippen molar-refractivity contribution < 1.29 is 9.53 Å². The van der Waals surface area contributed by atoms with E-state index in [-0.39, 0.29) is 23.3 Å². The van der Waals surface area contributed by atoms with Crippen LogP contribution in [0.3, 0.4) is 0 Å². The van der Waals surface area contributed by atoms with Crippen molar-refractivity contribution in [2.75, 3.05) is 13.8 Å². The Bertz CT molecular complexity index is 565. The highest BCUT2D eigenvalue weighted by molar-refractivity contribution is 5.86. The first-order valence-electron chi connectivity index (χ1n) is 7.41. The minimum absolute atomic E-state index is 0.0182. The molecule has 1 fully saturated rings. The Hall–Kier alpha value is -1.62. The van der Waals surface area contributed by atoms with E-state index in [4.69, 9.17) is 4.74 Å². The molecule has 0 radical (unpaired) electrons. The summed E-state index contributed by atoms with van der Waals surface area (Å²) in [5.74, 6) is 0.576. The summed E-state index contributed by atoms with van der Waals surface area (Å²) >= 11 is 0. The summed E-state index contributed by atoms with van der Waals surface area (Å²) < 4.78 is 5.11. The second-order valence-electron chi connectivity index (χ2n) is 6.24. The van der Waals surface area contributed by atoms with E-state index in [1.807, 2.05) is 0 Å². The minimum Gasteiger partial charge on any atom is -0.364 e. The topological polar surface area (TPSA) is 62.4 Å². The second-order valence-corrected chi connectivity index (χ2v) is 6.24. The number of ether oxygens (including phenoxy) is 1. The molecule has 1 aliphatic rings. The first-order valence-corrected chi connectivity index (χ1v) is 7.41. The predicted molar refractivity (Wildman–Crippen MR) is 81.0 cm³/mol. The standard InChI is InChI=1S/C16H24N2O3/c1-10(2)5-14-13(16(20)18(14)9-21-4)6-12-7-15(19)11(3)8-17-12/h7-8,10,13-14H,5-6,9H2,1-4H3,(H,17,19). The van der Waals surface area contributed by atoms with Crippen LogP contribution >= 0.6 is 0 Å². The van der Waals surface area contributed by atoms with Gasteiger partial charge in [-0.25, -0.2) is 0 Å². The number of aryl methyl sites for hydroxylation is 1. The average molecular weight is 292 g/mol. The van der Waals surface area contributed by atoms with Gasteiger partial charge in [0, 0.05) is 43.1 Å². The fraction of sp³-hybridized carbons (Fsp3) is 0.625. The third kappa shape index (κ3) is 3.35. The maximum atomic E-state index is 12.3. The summed E-state index contributed by atoms with van der Waals surface area (Å²) in [6.07, 6.45) is 3.26. The summed E-state index contributed by atoms with van der Waals surface area (Å²) in [7, 11) is 1.60. The van der Waals surface area contributed by atoms with E-state index in [0.717, 1.165) is 12.1 Å². The number of H-pyrrole nitrogens is 1. The SMILES string of the molecule is COCN1C(=O)C(Cc2cc(=O)c(C)c[nH]2)C1CC(C)C. The summed E-state index contributed by atoms with van der Waals surface area (Å²) in [5, 5.41) is 0. The Balaban J connectivity index is 2.11. The van der Waals surface area contributed by atoms with Crippen molar-refractivity contribution in [2.24, 2.45) is 11.8 Å². The molecule has 5 nitrogen and oxygen atoms in total. The Morgan fingerprint density at radius 2 is 2.10 bits per heavy atom. The van der Waals surface area contributed by atoms with Gasteiger partial charge >= 0.3 is 0 Å². The van der Waals surface area contributed by atoms with Crippen LogP contribution in [0.5, 0.6) is 0 Å². The highest BCUT2D eigenvalue weighted by Crippen LogP contribution is 2.33. The Morgan fingerprint density at radius 3 is 2.67 bits per heavy atom. The molecule has 1 aliphatic heterocycles. The van der Waals surface area contributed by atoms with Gasteiger partial charge in [0.1, 0.15) is 6.73 Å². The lowest BCUT2D eigenvalue weighted by atomic mass is 9.79. The predicted octanol–water partition coefficient (Wildman–Crippen LogP) is 1.70. The van der Waals surface area contributed by atoms with E-state index >= 15 is 0 Å². The van der Waals surface area contributed by atoms with E-state index in [9.17, 15) is 9.59 Å². The molecule has 2 rings (SSSR count). The fourth-order valence-corrected chi connectivity index (χ4v) is 2.91. The zero-order chi connectivity index (χ0) is 15.6. The van der Waals surface area contributed by atoms with Crippen LogP contribution in [0.1, 0.15) is 31.5 Å². The zero-order valence-electron chi connectivity index (χ0n) is 13.2. The van der Waals surface area contributed by atoms with Crippen molar-refractivity contribution in [3.63, 3.8) is 0 Å². The minimum atomic E-state index is -0.0547. The first-order chi connectivity index (χ1) is 9.93. The maximum Gasteiger partial charge on any atom is 0.230 e. The monoisotopic (exact) mass is 292 g/mol. The molecule has 0 bridgehead atoms. The van der Waals surface area contributed by atoms with E-state index in [1.54, 1.807) is 31.2 Å². The summed E-state index contributed by atoms with van der Waals surface area (Å²) in [5.41, 5.74) is 1.54. The first kappa shape index (κ1) is 15.8. The number of nitrogens with zero attached hydrogens (tertiary/aromatic N) is 1. The van der Waals surface area contributed by atoms with E-state index in [0.29, 0.717) is 24.6 Å². The largest absolute Gasteiger partial charge is 0.364 e. The molecule has 1 amide bonds. The van der Waals surface area contributed by atoms with Crippen molar-refractivity contribution in [3.8, 4) is 0 Å². The highest BCUT2D eigenvalue weighted by Gasteiger charge is 2.46. The van der Waals surface area contributed by atoms with Gasteiger partial charge in [-0.2, -0.15) is 0 Å². The van der Waals surface area contributed by atoms with Gasteiger partial charge < -0.3 is 14.6 Å². The molecule has 2 unspecified atom stereocenters. The third-order valence-electron chi connectivity index (χ3n) is 4.05. The summed E-state index contributed by atoms with van der Waals surface area (Å²) in [4.78, 5) is 28.9. The molecule has 0 spiro atoms. The quantitative estimate of drug-likeness (QED) is 0.812.